The van der Waals surface area contributed by atoms with Gasteiger partial charge in [-0.1, -0.05) is 323 Å². The Morgan fingerprint density at radius 1 is 0.235 bits per heavy atom. The fraction of sp³-hybridized carbons (Fsp3) is 0.952. The smallest absolute Gasteiger partial charge is 0.306 e. The molecule has 0 rings (SSSR count). The SMILES string of the molecule is CCCCCCCCCCCCCCCCCCCCCCCCC(=O)OCC(COC(=O)CCCCCCCCCCCCC)OC(=O)CCCCCCCCCCCCCCCCCCC. The summed E-state index contributed by atoms with van der Waals surface area (Å²) in [5.74, 6) is -0.830. The van der Waals surface area contributed by atoms with Crippen molar-refractivity contribution in [2.75, 3.05) is 13.2 Å². The van der Waals surface area contributed by atoms with Gasteiger partial charge >= 0.3 is 17.9 Å². The Balaban J connectivity index is 4.20. The van der Waals surface area contributed by atoms with Crippen molar-refractivity contribution < 1.29 is 28.6 Å². The van der Waals surface area contributed by atoms with Crippen LogP contribution in [0.4, 0.5) is 0 Å². The Hall–Kier alpha value is -1.59. The van der Waals surface area contributed by atoms with Crippen molar-refractivity contribution in [1.82, 2.24) is 0 Å². The van der Waals surface area contributed by atoms with Crippen LogP contribution in [0.2, 0.25) is 0 Å². The van der Waals surface area contributed by atoms with Crippen molar-refractivity contribution in [2.45, 2.75) is 367 Å². The Morgan fingerprint density at radius 2 is 0.397 bits per heavy atom. The summed E-state index contributed by atoms with van der Waals surface area (Å²) >= 11 is 0. The normalized spacial score (nSPS) is 11.9. The number of carbonyl (C=O) groups excluding carboxylic acids is 3. The molecule has 6 heteroatoms. The van der Waals surface area contributed by atoms with Gasteiger partial charge in [-0.15, -0.1) is 0 Å². The van der Waals surface area contributed by atoms with Crippen LogP contribution >= 0.6 is 0 Å². The second-order valence-electron chi connectivity index (χ2n) is 21.3. The number of hydrogen-bond acceptors (Lipinski definition) is 6. The Kier molecular flexibility index (Phi) is 56.6. The van der Waals surface area contributed by atoms with Crippen LogP contribution in [-0.2, 0) is 28.6 Å². The maximum Gasteiger partial charge on any atom is 0.306 e. The van der Waals surface area contributed by atoms with Crippen molar-refractivity contribution in [3.05, 3.63) is 0 Å². The minimum absolute atomic E-state index is 0.0609. The minimum atomic E-state index is -0.761. The quantitative estimate of drug-likeness (QED) is 0.0343. The highest BCUT2D eigenvalue weighted by Gasteiger charge is 2.19. The van der Waals surface area contributed by atoms with Gasteiger partial charge in [0, 0.05) is 19.3 Å². The summed E-state index contributed by atoms with van der Waals surface area (Å²) in [5.41, 5.74) is 0. The third-order valence-corrected chi connectivity index (χ3v) is 14.4. The molecule has 68 heavy (non-hydrogen) atoms. The van der Waals surface area contributed by atoms with Gasteiger partial charge in [-0.3, -0.25) is 14.4 Å². The van der Waals surface area contributed by atoms with E-state index in [4.69, 9.17) is 14.2 Å². The van der Waals surface area contributed by atoms with Crippen LogP contribution in [0.15, 0.2) is 0 Å². The number of ether oxygens (including phenoxy) is 3. The molecule has 0 heterocycles. The Labute approximate surface area is 425 Å². The first kappa shape index (κ1) is 66.4. The fourth-order valence-electron chi connectivity index (χ4n) is 9.68. The van der Waals surface area contributed by atoms with E-state index in [1.165, 1.54) is 263 Å². The number of carbonyl (C=O) groups is 3. The van der Waals surface area contributed by atoms with E-state index in [-0.39, 0.29) is 31.1 Å². The molecule has 1 atom stereocenters. The Morgan fingerprint density at radius 3 is 0.588 bits per heavy atom. The summed E-state index contributed by atoms with van der Waals surface area (Å²) in [7, 11) is 0. The fourth-order valence-corrected chi connectivity index (χ4v) is 9.68. The predicted molar refractivity (Wildman–Crippen MR) is 294 cm³/mol. The highest BCUT2D eigenvalue weighted by Crippen LogP contribution is 2.18. The molecule has 0 aliphatic heterocycles. The van der Waals surface area contributed by atoms with Gasteiger partial charge in [-0.05, 0) is 19.3 Å². The third kappa shape index (κ3) is 55.3. The molecular weight excluding hydrogens is 841 g/mol. The summed E-state index contributed by atoms with van der Waals surface area (Å²) in [6, 6.07) is 0. The summed E-state index contributed by atoms with van der Waals surface area (Å²) in [6.45, 7) is 6.71. The topological polar surface area (TPSA) is 78.9 Å². The number of esters is 3. The van der Waals surface area contributed by atoms with Crippen LogP contribution in [0, 0.1) is 0 Å². The van der Waals surface area contributed by atoms with Crippen molar-refractivity contribution in [3.8, 4) is 0 Å². The summed E-state index contributed by atoms with van der Waals surface area (Å²) in [6.07, 6.45) is 65.4. The lowest BCUT2D eigenvalue weighted by Gasteiger charge is -2.18. The van der Waals surface area contributed by atoms with E-state index in [2.05, 4.69) is 20.8 Å². The molecule has 0 saturated heterocycles. The van der Waals surface area contributed by atoms with Crippen molar-refractivity contribution in [1.29, 1.82) is 0 Å². The van der Waals surface area contributed by atoms with Crippen LogP contribution < -0.4 is 0 Å². The average Bonchev–Trinajstić information content (AvgIpc) is 3.34. The van der Waals surface area contributed by atoms with Gasteiger partial charge in [0.05, 0.1) is 0 Å². The van der Waals surface area contributed by atoms with Crippen molar-refractivity contribution in [2.24, 2.45) is 0 Å². The van der Waals surface area contributed by atoms with Gasteiger partial charge < -0.3 is 14.2 Å². The van der Waals surface area contributed by atoms with Gasteiger partial charge in [0.2, 0.25) is 0 Å². The lowest BCUT2D eigenvalue weighted by Crippen LogP contribution is -2.30. The maximum atomic E-state index is 12.9. The molecule has 0 N–H and O–H groups in total. The first-order valence-electron chi connectivity index (χ1n) is 31.0. The Bertz CT molecular complexity index is 1010. The molecule has 0 fully saturated rings. The molecule has 1 unspecified atom stereocenters. The van der Waals surface area contributed by atoms with Crippen LogP contribution in [-0.4, -0.2) is 37.2 Å². The third-order valence-electron chi connectivity index (χ3n) is 14.4. The van der Waals surface area contributed by atoms with Gasteiger partial charge in [0.15, 0.2) is 6.10 Å². The zero-order chi connectivity index (χ0) is 49.3. The van der Waals surface area contributed by atoms with E-state index in [1.807, 2.05) is 0 Å². The summed E-state index contributed by atoms with van der Waals surface area (Å²) in [4.78, 5) is 38.2. The molecule has 0 amide bonds. The molecule has 0 aromatic rings. The molecule has 0 bridgehead atoms. The van der Waals surface area contributed by atoms with Crippen molar-refractivity contribution >= 4 is 17.9 Å². The van der Waals surface area contributed by atoms with E-state index >= 15 is 0 Å². The zero-order valence-electron chi connectivity index (χ0n) is 46.4. The number of hydrogen-bond donors (Lipinski definition) is 0. The van der Waals surface area contributed by atoms with Crippen LogP contribution in [0.3, 0.4) is 0 Å². The largest absolute Gasteiger partial charge is 0.462 e. The van der Waals surface area contributed by atoms with Gasteiger partial charge in [0.1, 0.15) is 13.2 Å². The summed E-state index contributed by atoms with van der Waals surface area (Å²) < 4.78 is 16.9. The average molecular weight is 962 g/mol. The molecule has 0 aliphatic rings. The van der Waals surface area contributed by atoms with E-state index in [0.29, 0.717) is 19.3 Å². The highest BCUT2D eigenvalue weighted by molar-refractivity contribution is 5.71. The monoisotopic (exact) mass is 961 g/mol. The predicted octanol–water partition coefficient (Wildman–Crippen LogP) is 20.7. The van der Waals surface area contributed by atoms with Crippen LogP contribution in [0.5, 0.6) is 0 Å². The second-order valence-corrected chi connectivity index (χ2v) is 21.3. The minimum Gasteiger partial charge on any atom is -0.462 e. The molecule has 0 aromatic heterocycles. The standard InChI is InChI=1S/C62H120O6/c1-4-7-10-13-16-19-22-24-26-28-29-30-31-32-34-35-37-40-43-46-49-52-55-61(64)67-58-59(57-66-60(63)54-51-48-45-42-39-21-18-15-12-9-6-3)68-62(65)56-53-50-47-44-41-38-36-33-27-25-23-20-17-14-11-8-5-2/h59H,4-58H2,1-3H3. The maximum absolute atomic E-state index is 12.9. The van der Waals surface area contributed by atoms with Gasteiger partial charge in [0.25, 0.3) is 0 Å². The molecule has 0 aromatic carbocycles. The lowest BCUT2D eigenvalue weighted by molar-refractivity contribution is -0.167. The number of unbranched alkanes of at least 4 members (excludes halogenated alkanes) is 47. The number of rotatable bonds is 58. The molecule has 0 spiro atoms. The van der Waals surface area contributed by atoms with Crippen LogP contribution in [0.1, 0.15) is 361 Å². The molecule has 6 nitrogen and oxygen atoms in total. The van der Waals surface area contributed by atoms with E-state index < -0.39 is 6.10 Å². The molecule has 0 saturated carbocycles. The summed E-state index contributed by atoms with van der Waals surface area (Å²) in [5, 5.41) is 0. The molecular formula is C62H120O6. The van der Waals surface area contributed by atoms with E-state index in [0.717, 1.165) is 57.8 Å². The van der Waals surface area contributed by atoms with Gasteiger partial charge in [-0.25, -0.2) is 0 Å². The molecule has 0 radical (unpaired) electrons. The first-order valence-corrected chi connectivity index (χ1v) is 31.0. The molecule has 0 aliphatic carbocycles. The molecule has 404 valence electrons. The first-order chi connectivity index (χ1) is 33.5. The van der Waals surface area contributed by atoms with Gasteiger partial charge in [-0.2, -0.15) is 0 Å². The zero-order valence-corrected chi connectivity index (χ0v) is 46.4. The second kappa shape index (κ2) is 58.0. The lowest BCUT2D eigenvalue weighted by atomic mass is 10.0. The van der Waals surface area contributed by atoms with Crippen LogP contribution in [0.25, 0.3) is 0 Å². The van der Waals surface area contributed by atoms with E-state index in [9.17, 15) is 14.4 Å². The van der Waals surface area contributed by atoms with E-state index in [1.54, 1.807) is 0 Å². The highest BCUT2D eigenvalue weighted by atomic mass is 16.6. The van der Waals surface area contributed by atoms with Crippen molar-refractivity contribution in [3.63, 3.8) is 0 Å².